The first-order valence-corrected chi connectivity index (χ1v) is 6.43. The van der Waals surface area contributed by atoms with Gasteiger partial charge in [-0.2, -0.15) is 0 Å². The lowest BCUT2D eigenvalue weighted by Gasteiger charge is -1.95. The third-order valence-corrected chi connectivity index (χ3v) is 3.56. The van der Waals surface area contributed by atoms with Crippen molar-refractivity contribution >= 4 is 34.3 Å². The van der Waals surface area contributed by atoms with Gasteiger partial charge in [-0.05, 0) is 36.4 Å². The maximum absolute atomic E-state index is 5.94. The summed E-state index contributed by atoms with van der Waals surface area (Å²) in [6, 6.07) is 17.8. The van der Waals surface area contributed by atoms with Gasteiger partial charge in [0.05, 0.1) is 0 Å². The lowest BCUT2D eigenvalue weighted by atomic mass is 10.3. The van der Waals surface area contributed by atoms with Gasteiger partial charge in [0.2, 0.25) is 0 Å². The minimum absolute atomic E-state index is 0.731. The van der Waals surface area contributed by atoms with Gasteiger partial charge < -0.3 is 4.42 Å². The molecule has 17 heavy (non-hydrogen) atoms. The maximum Gasteiger partial charge on any atom is 0.166 e. The summed E-state index contributed by atoms with van der Waals surface area (Å²) in [5.74, 6) is 0. The predicted octanol–water partition coefficient (Wildman–Crippen LogP) is 5.24. The molecule has 0 saturated heterocycles. The van der Waals surface area contributed by atoms with Crippen molar-refractivity contribution in [1.82, 2.24) is 0 Å². The van der Waals surface area contributed by atoms with Crippen LogP contribution in [0.4, 0.5) is 0 Å². The minimum Gasteiger partial charge on any atom is -0.450 e. The van der Waals surface area contributed by atoms with Crippen molar-refractivity contribution in [1.29, 1.82) is 0 Å². The standard InChI is InChI=1S/C14H9ClOS/c15-11-6-7-13-10(8-11)9-14(16-13)17-12-4-2-1-3-5-12/h1-9H. The molecule has 0 aliphatic rings. The number of fused-ring (bicyclic) bond motifs is 1. The molecule has 2 aromatic carbocycles. The zero-order chi connectivity index (χ0) is 11.7. The van der Waals surface area contributed by atoms with Crippen LogP contribution in [-0.4, -0.2) is 0 Å². The van der Waals surface area contributed by atoms with Gasteiger partial charge in [-0.3, -0.25) is 0 Å². The summed E-state index contributed by atoms with van der Waals surface area (Å²) in [6.45, 7) is 0. The quantitative estimate of drug-likeness (QED) is 0.625. The molecular formula is C14H9ClOS. The van der Waals surface area contributed by atoms with E-state index < -0.39 is 0 Å². The molecule has 0 radical (unpaired) electrons. The highest BCUT2D eigenvalue weighted by molar-refractivity contribution is 7.99. The van der Waals surface area contributed by atoms with E-state index in [-0.39, 0.29) is 0 Å². The molecule has 0 unspecified atom stereocenters. The van der Waals surface area contributed by atoms with Crippen molar-refractivity contribution in [3.63, 3.8) is 0 Å². The Morgan fingerprint density at radius 1 is 0.941 bits per heavy atom. The van der Waals surface area contributed by atoms with Gasteiger partial charge in [0.15, 0.2) is 5.09 Å². The van der Waals surface area contributed by atoms with E-state index in [9.17, 15) is 0 Å². The Morgan fingerprint density at radius 3 is 2.59 bits per heavy atom. The second kappa shape index (κ2) is 4.47. The van der Waals surface area contributed by atoms with Crippen molar-refractivity contribution in [2.24, 2.45) is 0 Å². The van der Waals surface area contributed by atoms with Crippen LogP contribution in [0, 0.1) is 0 Å². The summed E-state index contributed by atoms with van der Waals surface area (Å²) in [5, 5.41) is 2.65. The van der Waals surface area contributed by atoms with E-state index in [1.54, 1.807) is 11.8 Å². The molecule has 0 aliphatic heterocycles. The molecule has 0 N–H and O–H groups in total. The first-order chi connectivity index (χ1) is 8.31. The fourth-order valence-corrected chi connectivity index (χ4v) is 2.67. The summed E-state index contributed by atoms with van der Waals surface area (Å²) in [4.78, 5) is 1.16. The lowest BCUT2D eigenvalue weighted by molar-refractivity contribution is 0.515. The molecule has 84 valence electrons. The molecule has 0 amide bonds. The van der Waals surface area contributed by atoms with Crippen LogP contribution in [0.25, 0.3) is 11.0 Å². The van der Waals surface area contributed by atoms with E-state index >= 15 is 0 Å². The SMILES string of the molecule is Clc1ccc2oc(Sc3ccccc3)cc2c1. The van der Waals surface area contributed by atoms with E-state index in [2.05, 4.69) is 12.1 Å². The van der Waals surface area contributed by atoms with Crippen LogP contribution in [0.2, 0.25) is 5.02 Å². The van der Waals surface area contributed by atoms with E-state index in [0.29, 0.717) is 0 Å². The Hall–Kier alpha value is -1.38. The van der Waals surface area contributed by atoms with Gasteiger partial charge in [-0.1, -0.05) is 41.6 Å². The Labute approximate surface area is 108 Å². The van der Waals surface area contributed by atoms with Crippen molar-refractivity contribution in [2.75, 3.05) is 0 Å². The van der Waals surface area contributed by atoms with Gasteiger partial charge in [-0.15, -0.1) is 0 Å². The molecule has 1 aromatic heterocycles. The number of benzene rings is 2. The highest BCUT2D eigenvalue weighted by Crippen LogP contribution is 2.33. The molecule has 1 heterocycles. The first-order valence-electron chi connectivity index (χ1n) is 5.23. The normalized spacial score (nSPS) is 10.9. The van der Waals surface area contributed by atoms with Crippen molar-refractivity contribution in [3.05, 3.63) is 59.6 Å². The van der Waals surface area contributed by atoms with Gasteiger partial charge in [0.1, 0.15) is 5.58 Å². The second-order valence-corrected chi connectivity index (χ2v) is 5.18. The monoisotopic (exact) mass is 260 g/mol. The molecule has 0 bridgehead atoms. The summed E-state index contributed by atoms with van der Waals surface area (Å²) >= 11 is 7.55. The smallest absolute Gasteiger partial charge is 0.166 e. The summed E-state index contributed by atoms with van der Waals surface area (Å²) in [5.41, 5.74) is 0.868. The molecular weight excluding hydrogens is 252 g/mol. The van der Waals surface area contributed by atoms with E-state index in [1.807, 2.05) is 42.5 Å². The van der Waals surface area contributed by atoms with Crippen LogP contribution in [0.3, 0.4) is 0 Å². The number of hydrogen-bond acceptors (Lipinski definition) is 2. The topological polar surface area (TPSA) is 13.1 Å². The van der Waals surface area contributed by atoms with Crippen LogP contribution in [-0.2, 0) is 0 Å². The summed E-state index contributed by atoms with van der Waals surface area (Å²) in [6.07, 6.45) is 0. The largest absolute Gasteiger partial charge is 0.450 e. The van der Waals surface area contributed by atoms with E-state index in [4.69, 9.17) is 16.0 Å². The van der Waals surface area contributed by atoms with Crippen molar-refractivity contribution < 1.29 is 4.42 Å². The minimum atomic E-state index is 0.731. The van der Waals surface area contributed by atoms with E-state index in [0.717, 1.165) is 26.0 Å². The molecule has 0 saturated carbocycles. The average Bonchev–Trinajstić information content (AvgIpc) is 2.71. The number of rotatable bonds is 2. The Kier molecular flexibility index (Phi) is 2.83. The van der Waals surface area contributed by atoms with Gasteiger partial charge in [0, 0.05) is 15.3 Å². The van der Waals surface area contributed by atoms with Crippen LogP contribution in [0.5, 0.6) is 0 Å². The number of halogens is 1. The third kappa shape index (κ3) is 2.33. The van der Waals surface area contributed by atoms with Crippen LogP contribution >= 0.6 is 23.4 Å². The third-order valence-electron chi connectivity index (χ3n) is 2.42. The molecule has 3 heteroatoms. The fraction of sp³-hybridized carbons (Fsp3) is 0. The van der Waals surface area contributed by atoms with E-state index in [1.165, 1.54) is 0 Å². The van der Waals surface area contributed by atoms with Gasteiger partial charge >= 0.3 is 0 Å². The Bertz CT molecular complexity index is 646. The molecule has 0 aliphatic carbocycles. The van der Waals surface area contributed by atoms with Crippen LogP contribution in [0.15, 0.2) is 69.0 Å². The molecule has 0 atom stereocenters. The molecule has 3 aromatic rings. The zero-order valence-electron chi connectivity index (χ0n) is 8.89. The lowest BCUT2D eigenvalue weighted by Crippen LogP contribution is -1.67. The predicted molar refractivity (Wildman–Crippen MR) is 71.8 cm³/mol. The van der Waals surface area contributed by atoms with Gasteiger partial charge in [-0.25, -0.2) is 0 Å². The molecule has 0 spiro atoms. The highest BCUT2D eigenvalue weighted by Gasteiger charge is 2.05. The Morgan fingerprint density at radius 2 is 1.76 bits per heavy atom. The summed E-state index contributed by atoms with van der Waals surface area (Å²) < 4.78 is 5.73. The maximum atomic E-state index is 5.94. The first kappa shape index (κ1) is 10.8. The molecule has 0 fully saturated rings. The van der Waals surface area contributed by atoms with Crippen molar-refractivity contribution in [2.45, 2.75) is 9.99 Å². The number of hydrogen-bond donors (Lipinski definition) is 0. The average molecular weight is 261 g/mol. The Balaban J connectivity index is 1.96. The highest BCUT2D eigenvalue weighted by atomic mass is 35.5. The zero-order valence-corrected chi connectivity index (χ0v) is 10.5. The molecule has 1 nitrogen and oxygen atoms in total. The van der Waals surface area contributed by atoms with Gasteiger partial charge in [0.25, 0.3) is 0 Å². The summed E-state index contributed by atoms with van der Waals surface area (Å²) in [7, 11) is 0. The van der Waals surface area contributed by atoms with Crippen molar-refractivity contribution in [3.8, 4) is 0 Å². The fourth-order valence-electron chi connectivity index (χ4n) is 1.64. The van der Waals surface area contributed by atoms with Crippen LogP contribution in [0.1, 0.15) is 0 Å². The number of furan rings is 1. The second-order valence-electron chi connectivity index (χ2n) is 3.66. The van der Waals surface area contributed by atoms with Crippen LogP contribution < -0.4 is 0 Å². The molecule has 3 rings (SSSR count).